The van der Waals surface area contributed by atoms with Gasteiger partial charge in [-0.05, 0) is 97.2 Å². The molecule has 0 spiro atoms. The Kier molecular flexibility index (Phi) is 5.27. The molecule has 2 heteroatoms. The summed E-state index contributed by atoms with van der Waals surface area (Å²) in [5, 5.41) is 2.56. The Bertz CT molecular complexity index is 1190. The number of hydrogen-bond acceptors (Lipinski definition) is 0. The third-order valence-electron chi connectivity index (χ3n) is 5.29. The number of hydrogen-bond donors (Lipinski definition) is 0. The van der Waals surface area contributed by atoms with Gasteiger partial charge in [-0.25, -0.2) is 0 Å². The number of rotatable bonds is 4. The van der Waals surface area contributed by atoms with Gasteiger partial charge in [0.05, 0.1) is 0 Å². The van der Waals surface area contributed by atoms with Crippen LogP contribution in [-0.2, 0) is 6.42 Å². The maximum atomic E-state index is 3.95. The fourth-order valence-electron chi connectivity index (χ4n) is 3.95. The minimum absolute atomic E-state index is 0.843. The average Bonchev–Trinajstić information content (AvgIpc) is 3.02. The lowest BCUT2D eigenvalue weighted by Gasteiger charge is -2.11. The van der Waals surface area contributed by atoms with Gasteiger partial charge in [0, 0.05) is 8.96 Å². The third-order valence-corrected chi connectivity index (χ3v) is 6.96. The monoisotopic (exact) mass is 490 g/mol. The van der Waals surface area contributed by atoms with E-state index in [2.05, 4.69) is 107 Å². The van der Waals surface area contributed by atoms with Crippen molar-refractivity contribution in [2.24, 2.45) is 0 Å². The van der Waals surface area contributed by atoms with Crippen LogP contribution in [0.2, 0.25) is 0 Å². The second kappa shape index (κ2) is 7.69. The first-order chi connectivity index (χ1) is 13.5. The van der Waals surface area contributed by atoms with Crippen LogP contribution in [-0.4, -0.2) is 0 Å². The first kappa shape index (κ1) is 19.2. The van der Waals surface area contributed by atoms with E-state index in [-0.39, 0.29) is 0 Å². The Hall–Kier alpha value is -2.16. The maximum absolute atomic E-state index is 3.95. The molecular formula is C26H20Br2. The highest BCUT2D eigenvalue weighted by atomic mass is 79.9. The smallest absolute Gasteiger partial charge is 0.0317 e. The molecular weight excluding hydrogens is 472 g/mol. The first-order valence-electron chi connectivity index (χ1n) is 9.19. The van der Waals surface area contributed by atoms with E-state index in [1.54, 1.807) is 0 Å². The summed E-state index contributed by atoms with van der Waals surface area (Å²) in [7, 11) is 0. The SMILES string of the molecule is C=C/C=C\c1c2c(cc3ccccc13)-c1cc(/C=C(/Br)C(=C)Br)c(C)cc1C2. The van der Waals surface area contributed by atoms with E-state index >= 15 is 0 Å². The fraction of sp³-hybridized carbons (Fsp3) is 0.0769. The molecule has 0 aromatic heterocycles. The molecule has 3 aromatic carbocycles. The summed E-state index contributed by atoms with van der Waals surface area (Å²) in [5.74, 6) is 0. The standard InChI is InChI=1S/C26H20Br2/c1-4-5-9-22-21-10-7-6-8-18(21)12-25-23-13-19(15-26(28)17(3)27)16(2)11-20(23)14-24(22)25/h4-13,15H,1,3,14H2,2H3/b9-5-,26-15+. The topological polar surface area (TPSA) is 0 Å². The lowest BCUT2D eigenvalue weighted by atomic mass is 9.93. The molecule has 0 saturated heterocycles. The fourth-order valence-corrected chi connectivity index (χ4v) is 4.31. The van der Waals surface area contributed by atoms with Crippen molar-refractivity contribution >= 4 is 54.8 Å². The van der Waals surface area contributed by atoms with Crippen molar-refractivity contribution in [1.29, 1.82) is 0 Å². The zero-order valence-corrected chi connectivity index (χ0v) is 18.9. The zero-order valence-electron chi connectivity index (χ0n) is 15.7. The number of halogens is 2. The summed E-state index contributed by atoms with van der Waals surface area (Å²) < 4.78 is 1.80. The molecule has 0 saturated carbocycles. The van der Waals surface area contributed by atoms with E-state index in [0.717, 1.165) is 15.4 Å². The van der Waals surface area contributed by atoms with Gasteiger partial charge in [0.25, 0.3) is 0 Å². The Morgan fingerprint density at radius 1 is 1.07 bits per heavy atom. The summed E-state index contributed by atoms with van der Waals surface area (Å²) in [6.07, 6.45) is 9.16. The summed E-state index contributed by atoms with van der Waals surface area (Å²) >= 11 is 7.04. The molecule has 1 aliphatic rings. The molecule has 0 N–H and O–H groups in total. The maximum Gasteiger partial charge on any atom is 0.0317 e. The van der Waals surface area contributed by atoms with E-state index in [0.29, 0.717) is 0 Å². The van der Waals surface area contributed by atoms with Crippen LogP contribution in [0.5, 0.6) is 0 Å². The Labute approximate surface area is 183 Å². The van der Waals surface area contributed by atoms with Crippen molar-refractivity contribution in [3.63, 3.8) is 0 Å². The first-order valence-corrected chi connectivity index (χ1v) is 10.8. The minimum atomic E-state index is 0.843. The quantitative estimate of drug-likeness (QED) is 0.251. The second-order valence-corrected chi connectivity index (χ2v) is 8.88. The summed E-state index contributed by atoms with van der Waals surface area (Å²) in [6, 6.07) is 15.6. The van der Waals surface area contributed by atoms with E-state index in [4.69, 9.17) is 0 Å². The van der Waals surface area contributed by atoms with Gasteiger partial charge in [-0.2, -0.15) is 0 Å². The van der Waals surface area contributed by atoms with E-state index in [9.17, 15) is 0 Å². The molecule has 0 unspecified atom stereocenters. The highest BCUT2D eigenvalue weighted by molar-refractivity contribution is 9.15. The van der Waals surface area contributed by atoms with Crippen LogP contribution in [0, 0.1) is 6.92 Å². The lowest BCUT2D eigenvalue weighted by molar-refractivity contribution is 1.24. The molecule has 0 fully saturated rings. The summed E-state index contributed by atoms with van der Waals surface area (Å²) in [4.78, 5) is 0. The molecule has 0 heterocycles. The Morgan fingerprint density at radius 2 is 1.86 bits per heavy atom. The normalized spacial score (nSPS) is 13.0. The molecule has 0 nitrogen and oxygen atoms in total. The number of fused-ring (bicyclic) bond motifs is 4. The van der Waals surface area contributed by atoms with E-state index in [1.807, 2.05) is 12.2 Å². The highest BCUT2D eigenvalue weighted by Gasteiger charge is 2.23. The van der Waals surface area contributed by atoms with Crippen LogP contribution in [0.15, 0.2) is 76.7 Å². The summed E-state index contributed by atoms with van der Waals surface area (Å²) in [5.41, 5.74) is 9.22. The van der Waals surface area contributed by atoms with Crippen molar-refractivity contribution in [3.05, 3.63) is 105 Å². The molecule has 138 valence electrons. The van der Waals surface area contributed by atoms with Crippen LogP contribution >= 0.6 is 31.9 Å². The Morgan fingerprint density at radius 3 is 2.61 bits per heavy atom. The number of allylic oxidation sites excluding steroid dienone is 4. The van der Waals surface area contributed by atoms with E-state index in [1.165, 1.54) is 49.7 Å². The van der Waals surface area contributed by atoms with Gasteiger partial charge in [-0.15, -0.1) is 0 Å². The van der Waals surface area contributed by atoms with Gasteiger partial charge in [-0.1, -0.05) is 77.6 Å². The second-order valence-electron chi connectivity index (χ2n) is 7.07. The van der Waals surface area contributed by atoms with Crippen molar-refractivity contribution in [2.45, 2.75) is 13.3 Å². The lowest BCUT2D eigenvalue weighted by Crippen LogP contribution is -1.89. The van der Waals surface area contributed by atoms with Gasteiger partial charge in [0.2, 0.25) is 0 Å². The van der Waals surface area contributed by atoms with Crippen molar-refractivity contribution in [3.8, 4) is 11.1 Å². The largest absolute Gasteiger partial charge is 0.0991 e. The third kappa shape index (κ3) is 3.36. The van der Waals surface area contributed by atoms with Crippen LogP contribution in [0.4, 0.5) is 0 Å². The predicted octanol–water partition coefficient (Wildman–Crippen LogP) is 8.56. The molecule has 0 radical (unpaired) electrons. The molecule has 0 aliphatic heterocycles. The van der Waals surface area contributed by atoms with Crippen molar-refractivity contribution in [2.75, 3.05) is 0 Å². The minimum Gasteiger partial charge on any atom is -0.0991 e. The molecule has 28 heavy (non-hydrogen) atoms. The molecule has 0 amide bonds. The predicted molar refractivity (Wildman–Crippen MR) is 131 cm³/mol. The van der Waals surface area contributed by atoms with Gasteiger partial charge >= 0.3 is 0 Å². The van der Waals surface area contributed by atoms with Crippen molar-refractivity contribution in [1.82, 2.24) is 0 Å². The van der Waals surface area contributed by atoms with Crippen LogP contribution in [0.25, 0.3) is 34.1 Å². The van der Waals surface area contributed by atoms with E-state index < -0.39 is 0 Å². The van der Waals surface area contributed by atoms with Gasteiger partial charge in [-0.3, -0.25) is 0 Å². The molecule has 4 rings (SSSR count). The van der Waals surface area contributed by atoms with Crippen molar-refractivity contribution < 1.29 is 0 Å². The van der Waals surface area contributed by atoms with Gasteiger partial charge in [0.15, 0.2) is 0 Å². The van der Waals surface area contributed by atoms with Crippen LogP contribution < -0.4 is 0 Å². The van der Waals surface area contributed by atoms with Crippen LogP contribution in [0.1, 0.15) is 27.8 Å². The number of benzene rings is 3. The number of aryl methyl sites for hydroxylation is 1. The Balaban J connectivity index is 1.97. The molecule has 0 atom stereocenters. The molecule has 0 bridgehead atoms. The molecule has 3 aromatic rings. The van der Waals surface area contributed by atoms with Crippen LogP contribution in [0.3, 0.4) is 0 Å². The van der Waals surface area contributed by atoms with Gasteiger partial charge in [0.1, 0.15) is 0 Å². The van der Waals surface area contributed by atoms with Gasteiger partial charge < -0.3 is 0 Å². The molecule has 1 aliphatic carbocycles. The zero-order chi connectivity index (χ0) is 19.8. The average molecular weight is 492 g/mol. The summed E-state index contributed by atoms with van der Waals surface area (Å²) in [6.45, 7) is 9.96. The highest BCUT2D eigenvalue weighted by Crippen LogP contribution is 2.43.